The lowest BCUT2D eigenvalue weighted by atomic mass is 9.82. The van der Waals surface area contributed by atoms with Crippen molar-refractivity contribution >= 4 is 29.2 Å². The summed E-state index contributed by atoms with van der Waals surface area (Å²) in [4.78, 5) is 28.8. The van der Waals surface area contributed by atoms with Crippen molar-refractivity contribution in [3.05, 3.63) is 70.7 Å². The van der Waals surface area contributed by atoms with Crippen LogP contribution in [0.1, 0.15) is 25.8 Å². The van der Waals surface area contributed by atoms with Crippen LogP contribution in [0.15, 0.2) is 59.3 Å². The number of aliphatic hydroxyl groups excluding tert-OH is 1. The molecule has 1 aliphatic heterocycles. The molecule has 35 heavy (non-hydrogen) atoms. The zero-order valence-corrected chi connectivity index (χ0v) is 20.3. The number of amides is 1. The van der Waals surface area contributed by atoms with Gasteiger partial charge in [-0.15, -0.1) is 0 Å². The minimum Gasteiger partial charge on any atom is -0.496 e. The summed E-state index contributed by atoms with van der Waals surface area (Å²) in [6, 6.07) is 10.8. The number of aliphatic hydroxyl groups is 1. The maximum Gasteiger partial charge on any atom is 0.311 e. The number of hydrogen-bond acceptors (Lipinski definition) is 5. The van der Waals surface area contributed by atoms with Gasteiger partial charge in [0.2, 0.25) is 0 Å². The van der Waals surface area contributed by atoms with Gasteiger partial charge in [0.25, 0.3) is 5.91 Å². The summed E-state index contributed by atoms with van der Waals surface area (Å²) >= 11 is 6.00. The van der Waals surface area contributed by atoms with Gasteiger partial charge < -0.3 is 20.3 Å². The van der Waals surface area contributed by atoms with Crippen molar-refractivity contribution in [2.75, 3.05) is 19.8 Å². The van der Waals surface area contributed by atoms with Crippen molar-refractivity contribution in [2.45, 2.75) is 32.7 Å². The third kappa shape index (κ3) is 6.68. The van der Waals surface area contributed by atoms with Crippen molar-refractivity contribution in [1.82, 2.24) is 5.32 Å². The van der Waals surface area contributed by atoms with Crippen LogP contribution >= 0.6 is 11.6 Å². The lowest BCUT2D eigenvalue weighted by Gasteiger charge is -2.28. The fourth-order valence-corrected chi connectivity index (χ4v) is 4.01. The van der Waals surface area contributed by atoms with Gasteiger partial charge in [-0.05, 0) is 56.0 Å². The Balaban J connectivity index is 1.80. The maximum atomic E-state index is 14.2. The number of carbonyl (C=O) groups excluding carboxylic acids is 1. The smallest absolute Gasteiger partial charge is 0.311 e. The van der Waals surface area contributed by atoms with Crippen LogP contribution in [0.3, 0.4) is 0 Å². The standard InChI is InChI=1S/C26H28ClFN2O5/c1-3-35-20-12-23(29-14-20)24(32)30-19(13-26(2,15-31)25(33)34)10-16-4-6-17(7-5-16)21-11-18(27)8-9-22(21)28/h4-9,11-12,19,31H,3,10,13-15H2,1-2H3,(H,30,32)(H,33,34)/t19-,26+/m1/s1. The average molecular weight is 503 g/mol. The zero-order chi connectivity index (χ0) is 25.6. The summed E-state index contributed by atoms with van der Waals surface area (Å²) in [6.45, 7) is 3.41. The number of aliphatic imine (C=N–C) groups is 1. The molecule has 0 aliphatic carbocycles. The molecule has 3 N–H and O–H groups in total. The van der Waals surface area contributed by atoms with Crippen LogP contribution in [0.25, 0.3) is 11.1 Å². The van der Waals surface area contributed by atoms with E-state index in [9.17, 15) is 24.2 Å². The molecule has 7 nitrogen and oxygen atoms in total. The first-order chi connectivity index (χ1) is 16.6. The number of hydrogen-bond donors (Lipinski definition) is 3. The van der Waals surface area contributed by atoms with Crippen LogP contribution in [0.5, 0.6) is 0 Å². The molecule has 0 spiro atoms. The van der Waals surface area contributed by atoms with Gasteiger partial charge >= 0.3 is 5.97 Å². The Labute approximate surface area is 208 Å². The Morgan fingerprint density at radius 2 is 1.97 bits per heavy atom. The van der Waals surface area contributed by atoms with Gasteiger partial charge in [-0.2, -0.15) is 0 Å². The Bertz CT molecular complexity index is 1150. The van der Waals surface area contributed by atoms with Gasteiger partial charge in [-0.25, -0.2) is 4.39 Å². The van der Waals surface area contributed by atoms with Crippen molar-refractivity contribution < 1.29 is 28.9 Å². The van der Waals surface area contributed by atoms with E-state index in [1.54, 1.807) is 36.4 Å². The Kier molecular flexibility index (Phi) is 8.64. The van der Waals surface area contributed by atoms with Crippen LogP contribution in [0, 0.1) is 11.2 Å². The van der Waals surface area contributed by atoms with E-state index in [0.29, 0.717) is 34.9 Å². The van der Waals surface area contributed by atoms with Crippen LogP contribution < -0.4 is 5.32 Å². The van der Waals surface area contributed by atoms with Gasteiger partial charge in [-0.3, -0.25) is 14.6 Å². The summed E-state index contributed by atoms with van der Waals surface area (Å²) in [6.07, 6.45) is 1.85. The normalized spacial score (nSPS) is 15.6. The third-order valence-electron chi connectivity index (χ3n) is 5.84. The number of nitrogens with one attached hydrogen (secondary N) is 1. The highest BCUT2D eigenvalue weighted by atomic mass is 35.5. The second-order valence-corrected chi connectivity index (χ2v) is 9.11. The minimum absolute atomic E-state index is 0.00937. The SMILES string of the molecule is CCOC1=CC(C(=O)N[C@H](Cc2ccc(-c3cc(Cl)ccc3F)cc2)C[C@@](C)(CO)C(=O)O)=NC1. The van der Waals surface area contributed by atoms with Gasteiger partial charge in [0.05, 0.1) is 25.2 Å². The van der Waals surface area contributed by atoms with Crippen LogP contribution in [0.2, 0.25) is 5.02 Å². The Hall–Kier alpha value is -3.23. The number of carbonyl (C=O) groups is 2. The van der Waals surface area contributed by atoms with Crippen molar-refractivity contribution in [3.63, 3.8) is 0 Å². The summed E-state index contributed by atoms with van der Waals surface area (Å²) in [5.74, 6) is -1.43. The number of rotatable bonds is 11. The molecule has 0 bridgehead atoms. The molecule has 0 saturated heterocycles. The monoisotopic (exact) mass is 502 g/mol. The predicted molar refractivity (Wildman–Crippen MR) is 132 cm³/mol. The molecule has 0 unspecified atom stereocenters. The number of benzene rings is 2. The van der Waals surface area contributed by atoms with Crippen LogP contribution in [0.4, 0.5) is 4.39 Å². The average Bonchev–Trinajstić information content (AvgIpc) is 3.30. The summed E-state index contributed by atoms with van der Waals surface area (Å²) in [5, 5.41) is 22.6. The minimum atomic E-state index is -1.45. The number of carboxylic acids is 1. The second-order valence-electron chi connectivity index (χ2n) is 8.67. The lowest BCUT2D eigenvalue weighted by molar-refractivity contribution is -0.151. The summed E-state index contributed by atoms with van der Waals surface area (Å²) in [7, 11) is 0. The number of halogens is 2. The number of aliphatic carboxylic acids is 1. The van der Waals surface area contributed by atoms with E-state index in [2.05, 4.69) is 10.3 Å². The van der Waals surface area contributed by atoms with E-state index in [0.717, 1.165) is 5.56 Å². The molecule has 1 heterocycles. The number of nitrogens with zero attached hydrogens (tertiary/aromatic N) is 1. The van der Waals surface area contributed by atoms with E-state index in [1.165, 1.54) is 19.1 Å². The lowest BCUT2D eigenvalue weighted by Crippen LogP contribution is -2.45. The molecule has 1 aliphatic rings. The van der Waals surface area contributed by atoms with Gasteiger partial charge in [0, 0.05) is 22.7 Å². The Morgan fingerprint density at radius 3 is 2.60 bits per heavy atom. The van der Waals surface area contributed by atoms with E-state index in [1.807, 2.05) is 6.92 Å². The van der Waals surface area contributed by atoms with Crippen molar-refractivity contribution in [3.8, 4) is 11.1 Å². The highest BCUT2D eigenvalue weighted by Crippen LogP contribution is 2.28. The molecule has 0 saturated carbocycles. The van der Waals surface area contributed by atoms with E-state index in [4.69, 9.17) is 16.3 Å². The van der Waals surface area contributed by atoms with Gasteiger partial charge in [-0.1, -0.05) is 35.9 Å². The molecule has 2 aromatic rings. The quantitative estimate of drug-likeness (QED) is 0.430. The molecule has 0 aromatic heterocycles. The summed E-state index contributed by atoms with van der Waals surface area (Å²) < 4.78 is 19.6. The number of ether oxygens (including phenoxy) is 1. The van der Waals surface area contributed by atoms with Gasteiger partial charge in [0.15, 0.2) is 0 Å². The largest absolute Gasteiger partial charge is 0.496 e. The highest BCUT2D eigenvalue weighted by molar-refractivity contribution is 6.44. The zero-order valence-electron chi connectivity index (χ0n) is 19.6. The number of carboxylic acid groups (broad SMARTS) is 1. The molecule has 3 rings (SSSR count). The molecule has 0 radical (unpaired) electrons. The molecule has 2 atom stereocenters. The molecule has 2 aromatic carbocycles. The van der Waals surface area contributed by atoms with Gasteiger partial charge in [0.1, 0.15) is 17.3 Å². The fourth-order valence-electron chi connectivity index (χ4n) is 3.84. The molecular weight excluding hydrogens is 475 g/mol. The molecule has 186 valence electrons. The second kappa shape index (κ2) is 11.5. The van der Waals surface area contributed by atoms with E-state index in [-0.39, 0.29) is 18.7 Å². The topological polar surface area (TPSA) is 108 Å². The first kappa shape index (κ1) is 26.4. The van der Waals surface area contributed by atoms with E-state index >= 15 is 0 Å². The fraction of sp³-hybridized carbons (Fsp3) is 0.346. The Morgan fingerprint density at radius 1 is 1.26 bits per heavy atom. The first-order valence-electron chi connectivity index (χ1n) is 11.2. The molecular formula is C26H28ClFN2O5. The molecule has 0 fully saturated rings. The first-order valence-corrected chi connectivity index (χ1v) is 11.6. The van der Waals surface area contributed by atoms with Crippen LogP contribution in [-0.4, -0.2) is 53.6 Å². The van der Waals surface area contributed by atoms with Crippen LogP contribution in [-0.2, 0) is 20.7 Å². The highest BCUT2D eigenvalue weighted by Gasteiger charge is 2.36. The predicted octanol–water partition coefficient (Wildman–Crippen LogP) is 4.02. The molecule has 9 heteroatoms. The third-order valence-corrected chi connectivity index (χ3v) is 6.07. The molecule has 1 amide bonds. The van der Waals surface area contributed by atoms with E-state index < -0.39 is 35.8 Å². The van der Waals surface area contributed by atoms with Crippen molar-refractivity contribution in [1.29, 1.82) is 0 Å². The summed E-state index contributed by atoms with van der Waals surface area (Å²) in [5.41, 5.74) is 0.543. The maximum absolute atomic E-state index is 14.2. The van der Waals surface area contributed by atoms with Crippen molar-refractivity contribution in [2.24, 2.45) is 10.4 Å².